The molecule has 0 spiro atoms. The summed E-state index contributed by atoms with van der Waals surface area (Å²) in [6.45, 7) is 2.46. The highest BCUT2D eigenvalue weighted by Gasteiger charge is 2.13. The van der Waals surface area contributed by atoms with Crippen LogP contribution in [0, 0.1) is 0 Å². The molecule has 0 radical (unpaired) electrons. The summed E-state index contributed by atoms with van der Waals surface area (Å²) in [5, 5.41) is 17.3. The van der Waals surface area contributed by atoms with Gasteiger partial charge in [0.15, 0.2) is 0 Å². The van der Waals surface area contributed by atoms with Crippen molar-refractivity contribution in [2.45, 2.75) is 25.0 Å². The van der Waals surface area contributed by atoms with Gasteiger partial charge in [0.2, 0.25) is 5.89 Å². The topological polar surface area (TPSA) is 85.5 Å². The van der Waals surface area contributed by atoms with Crippen molar-refractivity contribution in [1.29, 1.82) is 0 Å². The van der Waals surface area contributed by atoms with Gasteiger partial charge in [-0.2, -0.15) is 0 Å². The Morgan fingerprint density at radius 2 is 2.27 bits per heavy atom. The number of halogens is 1. The number of aliphatic carboxylic acids is 1. The Bertz CT molecular complexity index is 648. The summed E-state index contributed by atoms with van der Waals surface area (Å²) in [5.74, 6) is 0.797. The Kier molecular flexibility index (Phi) is 6.09. The molecule has 0 aliphatic rings. The van der Waals surface area contributed by atoms with E-state index >= 15 is 0 Å². The van der Waals surface area contributed by atoms with Gasteiger partial charge in [-0.05, 0) is 31.5 Å². The molecule has 0 saturated carbocycles. The van der Waals surface area contributed by atoms with Gasteiger partial charge in [-0.1, -0.05) is 23.4 Å². The van der Waals surface area contributed by atoms with E-state index in [0.29, 0.717) is 46.2 Å². The molecule has 118 valence electrons. The fourth-order valence-corrected chi connectivity index (χ4v) is 2.64. The van der Waals surface area contributed by atoms with Gasteiger partial charge in [0.25, 0.3) is 5.22 Å². The molecular formula is C14H15ClN2O4S. The number of hydrogen-bond donors (Lipinski definition) is 1. The first-order chi connectivity index (χ1) is 10.6. The van der Waals surface area contributed by atoms with Crippen LogP contribution in [0.2, 0.25) is 5.02 Å². The highest BCUT2D eigenvalue weighted by molar-refractivity contribution is 7.99. The molecule has 1 N–H and O–H groups in total. The summed E-state index contributed by atoms with van der Waals surface area (Å²) in [4.78, 5) is 10.4. The van der Waals surface area contributed by atoms with Crippen molar-refractivity contribution in [3.63, 3.8) is 0 Å². The van der Waals surface area contributed by atoms with Gasteiger partial charge in [-0.25, -0.2) is 0 Å². The minimum Gasteiger partial charge on any atom is -0.494 e. The maximum atomic E-state index is 10.4. The lowest BCUT2D eigenvalue weighted by atomic mass is 10.2. The minimum absolute atomic E-state index is 0.124. The van der Waals surface area contributed by atoms with Crippen LogP contribution in [-0.4, -0.2) is 33.6 Å². The molecule has 0 bridgehead atoms. The summed E-state index contributed by atoms with van der Waals surface area (Å²) in [6.07, 6.45) is 0.667. The van der Waals surface area contributed by atoms with Crippen molar-refractivity contribution < 1.29 is 19.1 Å². The van der Waals surface area contributed by atoms with E-state index in [1.165, 1.54) is 11.8 Å². The van der Waals surface area contributed by atoms with Crippen LogP contribution in [0.1, 0.15) is 19.8 Å². The number of aromatic nitrogens is 2. The molecule has 2 rings (SSSR count). The van der Waals surface area contributed by atoms with Crippen molar-refractivity contribution in [2.24, 2.45) is 0 Å². The largest absolute Gasteiger partial charge is 0.494 e. The van der Waals surface area contributed by atoms with Crippen LogP contribution in [0.5, 0.6) is 5.75 Å². The molecule has 0 aliphatic carbocycles. The van der Waals surface area contributed by atoms with Crippen molar-refractivity contribution in [1.82, 2.24) is 10.2 Å². The lowest BCUT2D eigenvalue weighted by Gasteiger charge is -2.04. The minimum atomic E-state index is -0.812. The van der Waals surface area contributed by atoms with Gasteiger partial charge in [-0.3, -0.25) is 4.79 Å². The van der Waals surface area contributed by atoms with Gasteiger partial charge in [-0.15, -0.1) is 10.2 Å². The van der Waals surface area contributed by atoms with E-state index in [0.717, 1.165) is 0 Å². The number of hydrogen-bond acceptors (Lipinski definition) is 6. The first kappa shape index (κ1) is 16.6. The monoisotopic (exact) mass is 342 g/mol. The van der Waals surface area contributed by atoms with Crippen LogP contribution in [0.15, 0.2) is 27.8 Å². The fourth-order valence-electron chi connectivity index (χ4n) is 1.69. The third-order valence-electron chi connectivity index (χ3n) is 2.65. The zero-order valence-corrected chi connectivity index (χ0v) is 13.5. The number of carboxylic acids is 1. The van der Waals surface area contributed by atoms with Crippen LogP contribution >= 0.6 is 23.4 Å². The van der Waals surface area contributed by atoms with Crippen molar-refractivity contribution in [3.05, 3.63) is 23.2 Å². The number of thioether (sulfide) groups is 1. The van der Waals surface area contributed by atoms with Crippen molar-refractivity contribution in [3.8, 4) is 17.2 Å². The number of ether oxygens (including phenoxy) is 1. The zero-order chi connectivity index (χ0) is 15.9. The molecule has 1 heterocycles. The highest BCUT2D eigenvalue weighted by Crippen LogP contribution is 2.32. The molecule has 0 fully saturated rings. The summed E-state index contributed by atoms with van der Waals surface area (Å²) in [6, 6.07) is 5.25. The van der Waals surface area contributed by atoms with Gasteiger partial charge >= 0.3 is 5.97 Å². The number of carbonyl (C=O) groups is 1. The molecule has 1 aromatic heterocycles. The predicted octanol–water partition coefficient (Wildman–Crippen LogP) is 3.75. The molecule has 6 nitrogen and oxygen atoms in total. The average Bonchev–Trinajstić information content (AvgIpc) is 2.92. The molecule has 8 heteroatoms. The van der Waals surface area contributed by atoms with E-state index in [-0.39, 0.29) is 6.42 Å². The standard InChI is InChI=1S/C14H15ClN2O4S/c1-2-20-9-5-6-10(11(15)8-9)13-16-17-14(21-13)22-7-3-4-12(18)19/h5-6,8H,2-4,7H2,1H3,(H,18,19). The smallest absolute Gasteiger partial charge is 0.303 e. The van der Waals surface area contributed by atoms with Gasteiger partial charge < -0.3 is 14.3 Å². The quantitative estimate of drug-likeness (QED) is 0.577. The molecule has 0 aliphatic heterocycles. The van der Waals surface area contributed by atoms with Crippen LogP contribution < -0.4 is 4.74 Å². The van der Waals surface area contributed by atoms with Gasteiger partial charge in [0.05, 0.1) is 17.2 Å². The van der Waals surface area contributed by atoms with Crippen molar-refractivity contribution >= 4 is 29.3 Å². The summed E-state index contributed by atoms with van der Waals surface area (Å²) in [5.41, 5.74) is 0.634. The molecule has 0 atom stereocenters. The second-order valence-corrected chi connectivity index (χ2v) is 5.75. The van der Waals surface area contributed by atoms with Gasteiger partial charge in [0, 0.05) is 12.2 Å². The number of benzene rings is 1. The second-order valence-electron chi connectivity index (χ2n) is 4.29. The fraction of sp³-hybridized carbons (Fsp3) is 0.357. The van der Waals surface area contributed by atoms with E-state index < -0.39 is 5.97 Å². The molecule has 0 amide bonds. The lowest BCUT2D eigenvalue weighted by molar-refractivity contribution is -0.137. The summed E-state index contributed by atoms with van der Waals surface area (Å²) >= 11 is 7.51. The predicted molar refractivity (Wildman–Crippen MR) is 83.5 cm³/mol. The third-order valence-corrected chi connectivity index (χ3v) is 3.87. The molecular weight excluding hydrogens is 328 g/mol. The van der Waals surface area contributed by atoms with Crippen LogP contribution in [0.25, 0.3) is 11.5 Å². The van der Waals surface area contributed by atoms with E-state index in [1.54, 1.807) is 18.2 Å². The number of rotatable bonds is 8. The zero-order valence-electron chi connectivity index (χ0n) is 11.9. The van der Waals surface area contributed by atoms with E-state index in [4.69, 9.17) is 25.9 Å². The van der Waals surface area contributed by atoms with Crippen LogP contribution in [-0.2, 0) is 4.79 Å². The Balaban J connectivity index is 2.00. The number of carboxylic acid groups (broad SMARTS) is 1. The first-order valence-corrected chi connectivity index (χ1v) is 8.07. The molecule has 2 aromatic rings. The Morgan fingerprint density at radius 3 is 2.95 bits per heavy atom. The third kappa shape index (κ3) is 4.64. The SMILES string of the molecule is CCOc1ccc(-c2nnc(SCCCC(=O)O)o2)c(Cl)c1. The Labute approximate surface area is 136 Å². The maximum Gasteiger partial charge on any atom is 0.303 e. The molecule has 22 heavy (non-hydrogen) atoms. The van der Waals surface area contributed by atoms with Crippen LogP contribution in [0.3, 0.4) is 0 Å². The maximum absolute atomic E-state index is 10.4. The summed E-state index contributed by atoms with van der Waals surface area (Å²) in [7, 11) is 0. The Hall–Kier alpha value is -1.73. The molecule has 0 saturated heterocycles. The summed E-state index contributed by atoms with van der Waals surface area (Å²) < 4.78 is 10.9. The average molecular weight is 343 g/mol. The van der Waals surface area contributed by atoms with Gasteiger partial charge in [0.1, 0.15) is 5.75 Å². The van der Waals surface area contributed by atoms with E-state index in [2.05, 4.69) is 10.2 Å². The first-order valence-electron chi connectivity index (χ1n) is 6.71. The van der Waals surface area contributed by atoms with Crippen LogP contribution in [0.4, 0.5) is 0 Å². The lowest BCUT2D eigenvalue weighted by Crippen LogP contribution is -1.94. The second kappa shape index (κ2) is 8.05. The Morgan fingerprint density at radius 1 is 1.45 bits per heavy atom. The normalized spacial score (nSPS) is 10.6. The molecule has 0 unspecified atom stereocenters. The number of nitrogens with zero attached hydrogens (tertiary/aromatic N) is 2. The highest BCUT2D eigenvalue weighted by atomic mass is 35.5. The van der Waals surface area contributed by atoms with Crippen molar-refractivity contribution in [2.75, 3.05) is 12.4 Å². The molecule has 1 aromatic carbocycles. The van der Waals surface area contributed by atoms with E-state index in [1.807, 2.05) is 6.92 Å². The van der Waals surface area contributed by atoms with E-state index in [9.17, 15) is 4.79 Å².